The number of aliphatic imine (C=N–C) groups is 1. The van der Waals surface area contributed by atoms with E-state index < -0.39 is 0 Å². The van der Waals surface area contributed by atoms with Crippen molar-refractivity contribution in [3.63, 3.8) is 0 Å². The SMILES string of the molecule is COC1=CC(=O)Cc2c3c(cn21)CC1=C(c2ccccc2)CCC(=O)C1=N3. The van der Waals surface area contributed by atoms with E-state index in [0.717, 1.165) is 34.5 Å². The van der Waals surface area contributed by atoms with Gasteiger partial charge in [-0.1, -0.05) is 30.3 Å². The van der Waals surface area contributed by atoms with Crippen LogP contribution in [-0.4, -0.2) is 29.0 Å². The number of hydrogen-bond acceptors (Lipinski definition) is 4. The summed E-state index contributed by atoms with van der Waals surface area (Å²) in [5.41, 5.74) is 6.51. The third-order valence-corrected chi connectivity index (χ3v) is 5.46. The quantitative estimate of drug-likeness (QED) is 0.825. The van der Waals surface area contributed by atoms with Gasteiger partial charge in [0.2, 0.25) is 5.88 Å². The normalized spacial score (nSPS) is 18.4. The smallest absolute Gasteiger partial charge is 0.201 e. The number of allylic oxidation sites excluding steroid dienone is 3. The lowest BCUT2D eigenvalue weighted by Crippen LogP contribution is -2.25. The van der Waals surface area contributed by atoms with Crippen LogP contribution in [0.4, 0.5) is 5.69 Å². The molecule has 0 spiro atoms. The molecule has 27 heavy (non-hydrogen) atoms. The Bertz CT molecular complexity index is 1080. The second-order valence-electron chi connectivity index (χ2n) is 7.03. The van der Waals surface area contributed by atoms with E-state index in [1.807, 2.05) is 29.0 Å². The van der Waals surface area contributed by atoms with Crippen LogP contribution in [0.15, 0.2) is 53.2 Å². The van der Waals surface area contributed by atoms with E-state index in [2.05, 4.69) is 12.1 Å². The van der Waals surface area contributed by atoms with Crippen molar-refractivity contribution in [1.82, 2.24) is 4.57 Å². The molecule has 3 heterocycles. The third kappa shape index (κ3) is 2.42. The number of carbonyl (C=O) groups excluding carboxylic acids is 2. The Balaban J connectivity index is 1.70. The van der Waals surface area contributed by atoms with Crippen molar-refractivity contribution in [1.29, 1.82) is 0 Å². The molecule has 0 fully saturated rings. The van der Waals surface area contributed by atoms with Crippen LogP contribution in [-0.2, 0) is 27.2 Å². The summed E-state index contributed by atoms with van der Waals surface area (Å²) in [6.45, 7) is 0. The minimum Gasteiger partial charge on any atom is -0.482 e. The summed E-state index contributed by atoms with van der Waals surface area (Å²) in [7, 11) is 1.55. The average molecular weight is 358 g/mol. The average Bonchev–Trinajstić information content (AvgIpc) is 3.04. The molecule has 5 rings (SSSR count). The molecule has 5 nitrogen and oxygen atoms in total. The fourth-order valence-corrected chi connectivity index (χ4v) is 4.21. The first-order chi connectivity index (χ1) is 13.2. The number of benzene rings is 1. The van der Waals surface area contributed by atoms with Crippen LogP contribution in [0.25, 0.3) is 11.5 Å². The summed E-state index contributed by atoms with van der Waals surface area (Å²) >= 11 is 0. The van der Waals surface area contributed by atoms with Crippen LogP contribution < -0.4 is 0 Å². The molecule has 0 atom stereocenters. The minimum absolute atomic E-state index is 0.0123. The van der Waals surface area contributed by atoms with Gasteiger partial charge in [-0.15, -0.1) is 0 Å². The number of ketones is 2. The zero-order chi connectivity index (χ0) is 18.5. The Kier molecular flexibility index (Phi) is 3.50. The fourth-order valence-electron chi connectivity index (χ4n) is 4.21. The van der Waals surface area contributed by atoms with Crippen LogP contribution in [0.3, 0.4) is 0 Å². The molecule has 2 aromatic rings. The molecule has 0 radical (unpaired) electrons. The highest BCUT2D eigenvalue weighted by atomic mass is 16.5. The molecule has 2 aliphatic heterocycles. The summed E-state index contributed by atoms with van der Waals surface area (Å²) in [6, 6.07) is 10.2. The largest absolute Gasteiger partial charge is 0.482 e. The van der Waals surface area contributed by atoms with Crippen LogP contribution in [0, 0.1) is 0 Å². The lowest BCUT2D eigenvalue weighted by Gasteiger charge is -2.25. The molecule has 0 unspecified atom stereocenters. The molecule has 5 heteroatoms. The van der Waals surface area contributed by atoms with Crippen molar-refractivity contribution in [3.05, 3.63) is 65.0 Å². The van der Waals surface area contributed by atoms with Gasteiger partial charge in [0.05, 0.1) is 24.9 Å². The summed E-state index contributed by atoms with van der Waals surface area (Å²) in [5.74, 6) is 0.573. The van der Waals surface area contributed by atoms with E-state index >= 15 is 0 Å². The number of aromatic nitrogens is 1. The fraction of sp³-hybridized carbons (Fsp3) is 0.227. The van der Waals surface area contributed by atoms with Gasteiger partial charge in [-0.3, -0.25) is 14.2 Å². The van der Waals surface area contributed by atoms with Gasteiger partial charge in [0.25, 0.3) is 0 Å². The maximum atomic E-state index is 12.6. The maximum absolute atomic E-state index is 12.6. The topological polar surface area (TPSA) is 60.7 Å². The van der Waals surface area contributed by atoms with E-state index in [1.54, 1.807) is 7.11 Å². The van der Waals surface area contributed by atoms with Gasteiger partial charge in [-0.25, -0.2) is 4.99 Å². The van der Waals surface area contributed by atoms with Crippen molar-refractivity contribution in [2.75, 3.05) is 7.11 Å². The Labute approximate surface area is 156 Å². The molecule has 0 bridgehead atoms. The number of fused-ring (bicyclic) bond motifs is 4. The van der Waals surface area contributed by atoms with E-state index in [9.17, 15) is 9.59 Å². The number of rotatable bonds is 2. The molecule has 134 valence electrons. The molecule has 0 amide bonds. The van der Waals surface area contributed by atoms with Crippen molar-refractivity contribution < 1.29 is 14.3 Å². The lowest BCUT2D eigenvalue weighted by molar-refractivity contribution is -0.114. The number of Topliss-reactive ketones (excluding diaryl/α,β-unsaturated/α-hetero) is 1. The molecule has 1 aromatic heterocycles. The lowest BCUT2D eigenvalue weighted by atomic mass is 9.81. The van der Waals surface area contributed by atoms with Gasteiger partial charge in [0.15, 0.2) is 11.6 Å². The molecule has 0 N–H and O–H groups in total. The highest BCUT2D eigenvalue weighted by molar-refractivity contribution is 6.49. The van der Waals surface area contributed by atoms with E-state index in [1.165, 1.54) is 11.6 Å². The van der Waals surface area contributed by atoms with Crippen molar-refractivity contribution >= 4 is 34.4 Å². The first-order valence-corrected chi connectivity index (χ1v) is 9.07. The predicted octanol–water partition coefficient (Wildman–Crippen LogP) is 3.50. The zero-order valence-electron chi connectivity index (χ0n) is 15.0. The van der Waals surface area contributed by atoms with E-state index in [-0.39, 0.29) is 18.0 Å². The summed E-state index contributed by atoms with van der Waals surface area (Å²) < 4.78 is 7.26. The van der Waals surface area contributed by atoms with Crippen LogP contribution in [0.1, 0.15) is 29.7 Å². The van der Waals surface area contributed by atoms with Crippen LogP contribution in [0.5, 0.6) is 0 Å². The monoisotopic (exact) mass is 358 g/mol. The second kappa shape index (κ2) is 5.91. The standard InChI is InChI=1S/C22H18N2O3/c1-27-20-11-15(25)10-18-21-14(12-24(18)20)9-17-16(13-5-3-2-4-6-13)7-8-19(26)22(17)23-21/h2-6,11-12H,7-10H2,1H3. The molecule has 1 aliphatic carbocycles. The Hall–Kier alpha value is -3.21. The van der Waals surface area contributed by atoms with Crippen LogP contribution in [0.2, 0.25) is 0 Å². The Morgan fingerprint density at radius 2 is 1.85 bits per heavy atom. The van der Waals surface area contributed by atoms with Gasteiger partial charge in [0, 0.05) is 30.7 Å². The zero-order valence-corrected chi connectivity index (χ0v) is 15.0. The van der Waals surface area contributed by atoms with Gasteiger partial charge in [-0.2, -0.15) is 0 Å². The number of hydrogen-bond donors (Lipinski definition) is 0. The van der Waals surface area contributed by atoms with E-state index in [0.29, 0.717) is 24.4 Å². The van der Waals surface area contributed by atoms with Gasteiger partial charge in [0.1, 0.15) is 5.71 Å². The first-order valence-electron chi connectivity index (χ1n) is 9.07. The van der Waals surface area contributed by atoms with Crippen molar-refractivity contribution in [2.45, 2.75) is 25.7 Å². The Morgan fingerprint density at radius 1 is 1.04 bits per heavy atom. The summed E-state index contributed by atoms with van der Waals surface area (Å²) in [4.78, 5) is 29.4. The predicted molar refractivity (Wildman–Crippen MR) is 103 cm³/mol. The number of carbonyl (C=O) groups is 2. The number of methoxy groups -OCH3 is 1. The summed E-state index contributed by atoms with van der Waals surface area (Å²) in [6.07, 6.45) is 5.63. The molecule has 3 aliphatic rings. The van der Waals surface area contributed by atoms with Gasteiger partial charge in [-0.05, 0) is 23.1 Å². The molecule has 0 saturated heterocycles. The number of ether oxygens (including phenoxy) is 1. The maximum Gasteiger partial charge on any atom is 0.201 e. The van der Waals surface area contributed by atoms with Crippen molar-refractivity contribution in [2.24, 2.45) is 4.99 Å². The third-order valence-electron chi connectivity index (χ3n) is 5.46. The second-order valence-corrected chi connectivity index (χ2v) is 7.03. The van der Waals surface area contributed by atoms with Crippen molar-refractivity contribution in [3.8, 4) is 0 Å². The van der Waals surface area contributed by atoms with E-state index in [4.69, 9.17) is 9.73 Å². The molecule has 0 saturated carbocycles. The Morgan fingerprint density at radius 3 is 2.63 bits per heavy atom. The highest BCUT2D eigenvalue weighted by Gasteiger charge is 2.34. The van der Waals surface area contributed by atoms with Gasteiger partial charge >= 0.3 is 0 Å². The molecular formula is C22H18N2O3. The number of nitrogens with zero attached hydrogens (tertiary/aromatic N) is 2. The molecular weight excluding hydrogens is 340 g/mol. The molecule has 1 aromatic carbocycles. The van der Waals surface area contributed by atoms with Gasteiger partial charge < -0.3 is 4.74 Å². The first kappa shape index (κ1) is 16.0. The summed E-state index contributed by atoms with van der Waals surface area (Å²) in [5, 5.41) is 0. The minimum atomic E-state index is -0.0123. The van der Waals surface area contributed by atoms with Crippen LogP contribution >= 0.6 is 0 Å². The highest BCUT2D eigenvalue weighted by Crippen LogP contribution is 2.41.